The van der Waals surface area contributed by atoms with Crippen LogP contribution in [-0.4, -0.2) is 41.9 Å². The minimum Gasteiger partial charge on any atom is -0.387 e. The number of unbranched alkanes of at least 4 members (excludes halogenated alkanes) is 18. The Morgan fingerprint density at radius 2 is 0.902 bits per heavy atom. The number of carbonyl (C=O) groups is 1. The second-order valence-electron chi connectivity index (χ2n) is 13.9. The summed E-state index contributed by atoms with van der Waals surface area (Å²) in [6.07, 6.45) is 53.1. The molecule has 2 unspecified atom stereocenters. The summed E-state index contributed by atoms with van der Waals surface area (Å²) < 4.78 is 32.5. The van der Waals surface area contributed by atoms with Crippen molar-refractivity contribution in [2.24, 2.45) is 0 Å². The van der Waals surface area contributed by atoms with E-state index in [-0.39, 0.29) is 12.3 Å². The molecule has 294 valence electrons. The van der Waals surface area contributed by atoms with Crippen LogP contribution in [0, 0.1) is 0 Å². The van der Waals surface area contributed by atoms with Gasteiger partial charge in [-0.3, -0.25) is 9.35 Å². The predicted octanol–water partition coefficient (Wildman–Crippen LogP) is 12.2. The van der Waals surface area contributed by atoms with E-state index in [0.717, 1.165) is 70.6 Å². The Labute approximate surface area is 314 Å². The van der Waals surface area contributed by atoms with E-state index >= 15 is 0 Å². The number of hydrogen-bond acceptors (Lipinski definition) is 4. The van der Waals surface area contributed by atoms with E-state index in [1.165, 1.54) is 83.1 Å². The van der Waals surface area contributed by atoms with Gasteiger partial charge in [0.05, 0.1) is 17.9 Å². The molecule has 0 saturated heterocycles. The van der Waals surface area contributed by atoms with Crippen molar-refractivity contribution in [3.63, 3.8) is 0 Å². The monoisotopic (exact) mass is 732 g/mol. The Bertz CT molecular complexity index is 1070. The van der Waals surface area contributed by atoms with Crippen LogP contribution in [0.4, 0.5) is 0 Å². The van der Waals surface area contributed by atoms with E-state index in [0.29, 0.717) is 12.8 Å². The van der Waals surface area contributed by atoms with Crippen LogP contribution in [0.15, 0.2) is 72.9 Å². The summed E-state index contributed by atoms with van der Waals surface area (Å²) in [4.78, 5) is 12.5. The summed E-state index contributed by atoms with van der Waals surface area (Å²) in [6.45, 7) is 4.48. The Balaban J connectivity index is 4.05. The van der Waals surface area contributed by atoms with Crippen molar-refractivity contribution in [3.8, 4) is 0 Å². The molecule has 0 aromatic carbocycles. The lowest BCUT2D eigenvalue weighted by atomic mass is 10.1. The van der Waals surface area contributed by atoms with Gasteiger partial charge in [-0.05, 0) is 83.5 Å². The molecule has 51 heavy (non-hydrogen) atoms. The lowest BCUT2D eigenvalue weighted by molar-refractivity contribution is -0.122. The van der Waals surface area contributed by atoms with Crippen LogP contribution in [0.25, 0.3) is 0 Å². The van der Waals surface area contributed by atoms with Crippen molar-refractivity contribution in [2.45, 2.75) is 193 Å². The number of rotatable bonds is 36. The molecule has 0 heterocycles. The van der Waals surface area contributed by atoms with Gasteiger partial charge in [0, 0.05) is 6.42 Å². The van der Waals surface area contributed by atoms with Crippen molar-refractivity contribution in [1.82, 2.24) is 5.32 Å². The molecule has 7 heteroatoms. The van der Waals surface area contributed by atoms with E-state index in [9.17, 15) is 22.9 Å². The number of aliphatic hydroxyl groups is 1. The van der Waals surface area contributed by atoms with Crippen molar-refractivity contribution in [3.05, 3.63) is 72.9 Å². The number of carbonyl (C=O) groups excluding carboxylic acids is 1. The molecule has 0 rings (SSSR count). The fraction of sp³-hybridized carbons (Fsp3) is 0.705. The van der Waals surface area contributed by atoms with Gasteiger partial charge in [-0.1, -0.05) is 164 Å². The molecular formula is C44H77NO5S. The summed E-state index contributed by atoms with van der Waals surface area (Å²) in [7, 11) is -4.37. The fourth-order valence-corrected chi connectivity index (χ4v) is 6.46. The summed E-state index contributed by atoms with van der Waals surface area (Å²) in [6, 6.07) is -1.09. The van der Waals surface area contributed by atoms with E-state index in [2.05, 4.69) is 79.9 Å². The van der Waals surface area contributed by atoms with E-state index in [4.69, 9.17) is 0 Å². The first-order valence-electron chi connectivity index (χ1n) is 20.6. The van der Waals surface area contributed by atoms with E-state index in [1.807, 2.05) is 0 Å². The number of allylic oxidation sites excluding steroid dienone is 11. The summed E-state index contributed by atoms with van der Waals surface area (Å²) in [5.41, 5.74) is 0. The van der Waals surface area contributed by atoms with Crippen LogP contribution in [-0.2, 0) is 14.9 Å². The molecule has 6 nitrogen and oxygen atoms in total. The third-order valence-corrected chi connectivity index (χ3v) is 9.61. The maximum Gasteiger partial charge on any atom is 0.267 e. The van der Waals surface area contributed by atoms with Gasteiger partial charge in [0.1, 0.15) is 0 Å². The zero-order valence-corrected chi connectivity index (χ0v) is 33.5. The molecule has 0 bridgehead atoms. The Morgan fingerprint density at radius 1 is 0.529 bits per heavy atom. The van der Waals surface area contributed by atoms with E-state index < -0.39 is 28.0 Å². The predicted molar refractivity (Wildman–Crippen MR) is 221 cm³/mol. The van der Waals surface area contributed by atoms with Crippen LogP contribution in [0.2, 0.25) is 0 Å². The molecule has 2 atom stereocenters. The molecule has 3 N–H and O–H groups in total. The molecule has 0 aliphatic heterocycles. The first-order chi connectivity index (χ1) is 24.8. The van der Waals surface area contributed by atoms with Crippen LogP contribution in [0.5, 0.6) is 0 Å². The van der Waals surface area contributed by atoms with E-state index in [1.54, 1.807) is 6.08 Å². The van der Waals surface area contributed by atoms with Gasteiger partial charge in [0.25, 0.3) is 10.1 Å². The lowest BCUT2D eigenvalue weighted by Crippen LogP contribution is -2.46. The Morgan fingerprint density at radius 3 is 1.41 bits per heavy atom. The van der Waals surface area contributed by atoms with Gasteiger partial charge < -0.3 is 10.4 Å². The van der Waals surface area contributed by atoms with Gasteiger partial charge in [0.15, 0.2) is 0 Å². The van der Waals surface area contributed by atoms with Crippen LogP contribution in [0.3, 0.4) is 0 Å². The zero-order chi connectivity index (χ0) is 37.5. The summed E-state index contributed by atoms with van der Waals surface area (Å²) >= 11 is 0. The third kappa shape index (κ3) is 38.8. The van der Waals surface area contributed by atoms with Crippen LogP contribution >= 0.6 is 0 Å². The minimum absolute atomic E-state index is 0.266. The highest BCUT2D eigenvalue weighted by Gasteiger charge is 2.24. The quantitative estimate of drug-likeness (QED) is 0.0338. The maximum absolute atomic E-state index is 12.5. The van der Waals surface area contributed by atoms with Crippen molar-refractivity contribution in [1.29, 1.82) is 0 Å². The largest absolute Gasteiger partial charge is 0.387 e. The lowest BCUT2D eigenvalue weighted by Gasteiger charge is -2.21. The first-order valence-corrected chi connectivity index (χ1v) is 22.2. The SMILES string of the molecule is CCCCC/C=C\C/C=C\C/C=C\CCCCCCCCC(=O)NC(CS(=O)(=O)O)C(O)/C=C/CC/C=C/CC/C=C/CCCCCCCCC. The second-order valence-corrected chi connectivity index (χ2v) is 15.4. The standard InChI is InChI=1S/C44H77NO5S/c1-3-5-7-9-11-13-15-17-19-21-22-24-26-28-30-32-34-36-38-40-44(47)45-42(41-51(48,49)50)43(46)39-37-35-33-31-29-27-25-23-20-18-16-14-12-10-8-6-4-2/h11,13,17,19-20,22-24,29,31,37,39,42-43,46H,3-10,12,14-16,18,21,25-28,30,32-36,38,40-41H2,1-2H3,(H,45,47)(H,48,49,50)/b13-11-,19-17-,23-20+,24-22-,31-29+,39-37+. The topological polar surface area (TPSA) is 104 Å². The normalized spacial score (nSPS) is 14.0. The molecule has 0 radical (unpaired) electrons. The molecule has 0 spiro atoms. The smallest absolute Gasteiger partial charge is 0.267 e. The highest BCUT2D eigenvalue weighted by atomic mass is 32.2. The number of amides is 1. The van der Waals surface area contributed by atoms with Gasteiger partial charge >= 0.3 is 0 Å². The molecular weight excluding hydrogens is 655 g/mol. The third-order valence-electron chi connectivity index (χ3n) is 8.83. The molecule has 0 aromatic heterocycles. The van der Waals surface area contributed by atoms with Gasteiger partial charge in [-0.2, -0.15) is 8.42 Å². The maximum atomic E-state index is 12.5. The summed E-state index contributed by atoms with van der Waals surface area (Å²) in [5.74, 6) is -1.03. The van der Waals surface area contributed by atoms with Crippen molar-refractivity contribution >= 4 is 16.0 Å². The van der Waals surface area contributed by atoms with Gasteiger partial charge in [-0.15, -0.1) is 0 Å². The van der Waals surface area contributed by atoms with Crippen molar-refractivity contribution < 1.29 is 22.9 Å². The second kappa shape index (κ2) is 37.5. The van der Waals surface area contributed by atoms with Crippen LogP contribution < -0.4 is 5.32 Å². The fourth-order valence-electron chi connectivity index (χ4n) is 5.72. The Kier molecular flexibility index (Phi) is 35.9. The highest BCUT2D eigenvalue weighted by molar-refractivity contribution is 7.85. The molecule has 0 aliphatic rings. The first kappa shape index (κ1) is 48.8. The van der Waals surface area contributed by atoms with Gasteiger partial charge in [-0.25, -0.2) is 0 Å². The van der Waals surface area contributed by atoms with Crippen molar-refractivity contribution in [2.75, 3.05) is 5.75 Å². The number of nitrogens with one attached hydrogen (secondary N) is 1. The van der Waals surface area contributed by atoms with Crippen LogP contribution in [0.1, 0.15) is 181 Å². The van der Waals surface area contributed by atoms with Gasteiger partial charge in [0.2, 0.25) is 5.91 Å². The number of hydrogen-bond donors (Lipinski definition) is 3. The molecule has 1 amide bonds. The molecule has 0 fully saturated rings. The number of aliphatic hydroxyl groups excluding tert-OH is 1. The average Bonchev–Trinajstić information content (AvgIpc) is 3.09. The average molecular weight is 732 g/mol. The minimum atomic E-state index is -4.37. The molecule has 0 aromatic rings. The Hall–Kier alpha value is -2.22. The molecule has 0 aliphatic carbocycles. The highest BCUT2D eigenvalue weighted by Crippen LogP contribution is 2.11. The molecule has 0 saturated carbocycles. The zero-order valence-electron chi connectivity index (χ0n) is 32.7. The summed E-state index contributed by atoms with van der Waals surface area (Å²) in [5, 5.41) is 13.2.